The van der Waals surface area contributed by atoms with Crippen LogP contribution < -0.4 is 4.74 Å². The summed E-state index contributed by atoms with van der Waals surface area (Å²) in [7, 11) is 1.53. The number of benzene rings is 1. The van der Waals surface area contributed by atoms with Gasteiger partial charge in [0.25, 0.3) is 5.69 Å². The van der Waals surface area contributed by atoms with Gasteiger partial charge in [-0.3, -0.25) is 10.1 Å². The van der Waals surface area contributed by atoms with Crippen LogP contribution in [0, 0.1) is 10.1 Å². The third kappa shape index (κ3) is 4.03. The molecule has 0 bridgehead atoms. The van der Waals surface area contributed by atoms with Crippen LogP contribution in [-0.2, 0) is 11.3 Å². The molecule has 0 fully saturated rings. The van der Waals surface area contributed by atoms with Crippen LogP contribution in [0.4, 0.5) is 5.69 Å². The van der Waals surface area contributed by atoms with E-state index in [9.17, 15) is 10.1 Å². The molecule has 17 heavy (non-hydrogen) atoms. The molecule has 0 aliphatic rings. The van der Waals surface area contributed by atoms with Crippen molar-refractivity contribution in [3.05, 3.63) is 33.9 Å². The minimum absolute atomic E-state index is 0.0401. The fourth-order valence-electron chi connectivity index (χ4n) is 1.29. The third-order valence-electron chi connectivity index (χ3n) is 2.14. The monoisotopic (exact) mass is 239 g/mol. The summed E-state index contributed by atoms with van der Waals surface area (Å²) >= 11 is 0. The van der Waals surface area contributed by atoms with Gasteiger partial charge in [0.1, 0.15) is 5.75 Å². The Kier molecular flexibility index (Phi) is 4.07. The van der Waals surface area contributed by atoms with Crippen molar-refractivity contribution in [3.63, 3.8) is 0 Å². The maximum atomic E-state index is 10.7. The lowest BCUT2D eigenvalue weighted by Crippen LogP contribution is -2.18. The standard InChI is InChI=1S/C12H17NO4/c1-12(2,3)17-8-9-7-10(13(14)15)5-6-11(9)16-4/h5-7H,8H2,1-4H3. The first-order chi connectivity index (χ1) is 7.83. The van der Waals surface area contributed by atoms with Gasteiger partial charge in [0, 0.05) is 17.7 Å². The average molecular weight is 239 g/mol. The molecule has 1 rings (SSSR count). The van der Waals surface area contributed by atoms with E-state index in [1.54, 1.807) is 6.07 Å². The van der Waals surface area contributed by atoms with E-state index in [1.165, 1.54) is 19.2 Å². The van der Waals surface area contributed by atoms with Gasteiger partial charge in [-0.15, -0.1) is 0 Å². The molecule has 0 saturated carbocycles. The van der Waals surface area contributed by atoms with E-state index in [2.05, 4.69) is 0 Å². The van der Waals surface area contributed by atoms with Gasteiger partial charge in [-0.2, -0.15) is 0 Å². The van der Waals surface area contributed by atoms with Crippen LogP contribution in [-0.4, -0.2) is 17.6 Å². The third-order valence-corrected chi connectivity index (χ3v) is 2.14. The van der Waals surface area contributed by atoms with E-state index >= 15 is 0 Å². The van der Waals surface area contributed by atoms with E-state index in [0.29, 0.717) is 11.3 Å². The molecule has 0 radical (unpaired) electrons. The Morgan fingerprint density at radius 3 is 2.47 bits per heavy atom. The maximum absolute atomic E-state index is 10.7. The molecule has 0 aliphatic carbocycles. The smallest absolute Gasteiger partial charge is 0.270 e. The lowest BCUT2D eigenvalue weighted by Gasteiger charge is -2.20. The summed E-state index contributed by atoms with van der Waals surface area (Å²) in [6.45, 7) is 6.07. The fourth-order valence-corrected chi connectivity index (χ4v) is 1.29. The number of hydrogen-bond acceptors (Lipinski definition) is 4. The highest BCUT2D eigenvalue weighted by Crippen LogP contribution is 2.25. The van der Waals surface area contributed by atoms with Crippen molar-refractivity contribution < 1.29 is 14.4 Å². The molecule has 94 valence electrons. The Hall–Kier alpha value is -1.62. The van der Waals surface area contributed by atoms with Crippen LogP contribution in [0.25, 0.3) is 0 Å². The van der Waals surface area contributed by atoms with Crippen molar-refractivity contribution in [1.29, 1.82) is 0 Å². The number of rotatable bonds is 4. The van der Waals surface area contributed by atoms with Gasteiger partial charge in [-0.05, 0) is 26.8 Å². The second-order valence-corrected chi connectivity index (χ2v) is 4.65. The van der Waals surface area contributed by atoms with Crippen molar-refractivity contribution in [2.75, 3.05) is 7.11 Å². The Balaban J connectivity index is 2.94. The van der Waals surface area contributed by atoms with Gasteiger partial charge in [0.15, 0.2) is 0 Å². The minimum Gasteiger partial charge on any atom is -0.496 e. The molecule has 0 atom stereocenters. The van der Waals surface area contributed by atoms with Crippen molar-refractivity contribution in [2.45, 2.75) is 33.0 Å². The number of ether oxygens (including phenoxy) is 2. The fraction of sp³-hybridized carbons (Fsp3) is 0.500. The highest BCUT2D eigenvalue weighted by molar-refractivity contribution is 5.43. The van der Waals surface area contributed by atoms with Crippen molar-refractivity contribution in [1.82, 2.24) is 0 Å². The van der Waals surface area contributed by atoms with Crippen LogP contribution in [0.2, 0.25) is 0 Å². The number of non-ortho nitro benzene ring substituents is 1. The van der Waals surface area contributed by atoms with Crippen LogP contribution in [0.5, 0.6) is 5.75 Å². The lowest BCUT2D eigenvalue weighted by molar-refractivity contribution is -0.385. The van der Waals surface area contributed by atoms with Crippen LogP contribution in [0.3, 0.4) is 0 Å². The van der Waals surface area contributed by atoms with E-state index in [0.717, 1.165) is 0 Å². The molecule has 0 spiro atoms. The Labute approximate surface area is 101 Å². The molecule has 5 heteroatoms. The van der Waals surface area contributed by atoms with Gasteiger partial charge in [-0.25, -0.2) is 0 Å². The second kappa shape index (κ2) is 5.14. The summed E-state index contributed by atoms with van der Waals surface area (Å²) < 4.78 is 10.7. The molecule has 0 aliphatic heterocycles. The van der Waals surface area contributed by atoms with Crippen LogP contribution in [0.1, 0.15) is 26.3 Å². The van der Waals surface area contributed by atoms with Crippen LogP contribution in [0.15, 0.2) is 18.2 Å². The zero-order valence-electron chi connectivity index (χ0n) is 10.5. The summed E-state index contributed by atoms with van der Waals surface area (Å²) in [5.74, 6) is 0.597. The first kappa shape index (κ1) is 13.4. The molecule has 0 amide bonds. The number of methoxy groups -OCH3 is 1. The number of nitro groups is 1. The summed E-state index contributed by atoms with van der Waals surface area (Å²) in [4.78, 5) is 10.2. The number of hydrogen-bond donors (Lipinski definition) is 0. The summed E-state index contributed by atoms with van der Waals surface area (Å²) in [6.07, 6.45) is 0. The van der Waals surface area contributed by atoms with Gasteiger partial charge in [0.05, 0.1) is 24.2 Å². The second-order valence-electron chi connectivity index (χ2n) is 4.65. The SMILES string of the molecule is COc1ccc([N+](=O)[O-])cc1COC(C)(C)C. The summed E-state index contributed by atoms with van der Waals surface area (Å²) in [5.41, 5.74) is 0.422. The van der Waals surface area contributed by atoms with E-state index in [4.69, 9.17) is 9.47 Å². The first-order valence-electron chi connectivity index (χ1n) is 5.29. The maximum Gasteiger partial charge on any atom is 0.270 e. The summed E-state index contributed by atoms with van der Waals surface area (Å²) in [5, 5.41) is 10.7. The van der Waals surface area contributed by atoms with Gasteiger partial charge < -0.3 is 9.47 Å². The summed E-state index contributed by atoms with van der Waals surface area (Å²) in [6, 6.07) is 4.48. The molecule has 1 aromatic carbocycles. The van der Waals surface area contributed by atoms with E-state index < -0.39 is 4.92 Å². The molecule has 1 aromatic rings. The van der Waals surface area contributed by atoms with Crippen LogP contribution >= 0.6 is 0 Å². The first-order valence-corrected chi connectivity index (χ1v) is 5.29. The Morgan fingerprint density at radius 1 is 1.35 bits per heavy atom. The van der Waals surface area contributed by atoms with Gasteiger partial charge in [0.2, 0.25) is 0 Å². The molecule has 0 N–H and O–H groups in total. The van der Waals surface area contributed by atoms with E-state index in [-0.39, 0.29) is 17.9 Å². The molecule has 0 heterocycles. The lowest BCUT2D eigenvalue weighted by atomic mass is 10.1. The molecular weight excluding hydrogens is 222 g/mol. The molecule has 0 saturated heterocycles. The van der Waals surface area contributed by atoms with Crippen molar-refractivity contribution >= 4 is 5.69 Å². The zero-order valence-corrected chi connectivity index (χ0v) is 10.5. The molecule has 0 unspecified atom stereocenters. The highest BCUT2D eigenvalue weighted by Gasteiger charge is 2.15. The minimum atomic E-state index is -0.431. The zero-order chi connectivity index (χ0) is 13.1. The number of nitro benzene ring substituents is 1. The Bertz CT molecular complexity index is 409. The quantitative estimate of drug-likeness (QED) is 0.598. The molecular formula is C12H17NO4. The van der Waals surface area contributed by atoms with Gasteiger partial charge in [-0.1, -0.05) is 0 Å². The predicted molar refractivity (Wildman–Crippen MR) is 64.2 cm³/mol. The van der Waals surface area contributed by atoms with Crippen molar-refractivity contribution in [3.8, 4) is 5.75 Å². The normalized spacial score (nSPS) is 11.3. The molecule has 5 nitrogen and oxygen atoms in total. The van der Waals surface area contributed by atoms with Gasteiger partial charge >= 0.3 is 0 Å². The topological polar surface area (TPSA) is 61.6 Å². The molecule has 0 aromatic heterocycles. The highest BCUT2D eigenvalue weighted by atomic mass is 16.6. The largest absolute Gasteiger partial charge is 0.496 e. The van der Waals surface area contributed by atoms with E-state index in [1.807, 2.05) is 20.8 Å². The number of nitrogens with zero attached hydrogens (tertiary/aromatic N) is 1. The predicted octanol–water partition coefficient (Wildman–Crippen LogP) is 2.92. The average Bonchev–Trinajstić information content (AvgIpc) is 2.24. The Morgan fingerprint density at radius 2 is 2.00 bits per heavy atom. The van der Waals surface area contributed by atoms with Crippen molar-refractivity contribution in [2.24, 2.45) is 0 Å².